The number of aromatic nitrogens is 1. The topological polar surface area (TPSA) is 55.1 Å². The van der Waals surface area contributed by atoms with Crippen molar-refractivity contribution in [2.45, 2.75) is 5.75 Å². The number of nitrogens with zero attached hydrogens (tertiary/aromatic N) is 1. The van der Waals surface area contributed by atoms with Crippen LogP contribution < -0.4 is 5.32 Å². The van der Waals surface area contributed by atoms with Gasteiger partial charge in [-0.05, 0) is 52.9 Å². The van der Waals surface area contributed by atoms with Gasteiger partial charge < -0.3 is 9.73 Å². The van der Waals surface area contributed by atoms with Gasteiger partial charge in [-0.25, -0.2) is 4.98 Å². The second kappa shape index (κ2) is 8.34. The molecular formula is C18H15IN2O2S. The van der Waals surface area contributed by atoms with Crippen LogP contribution in [0.15, 0.2) is 65.3 Å². The van der Waals surface area contributed by atoms with Crippen molar-refractivity contribution in [3.05, 3.63) is 70.1 Å². The van der Waals surface area contributed by atoms with Crippen molar-refractivity contribution in [2.75, 3.05) is 11.1 Å². The molecular weight excluding hydrogens is 435 g/mol. The van der Waals surface area contributed by atoms with Crippen molar-refractivity contribution < 1.29 is 9.21 Å². The lowest BCUT2D eigenvalue weighted by Gasteiger charge is -2.04. The van der Waals surface area contributed by atoms with Gasteiger partial charge >= 0.3 is 0 Å². The van der Waals surface area contributed by atoms with Gasteiger partial charge in [-0.1, -0.05) is 24.3 Å². The predicted molar refractivity (Wildman–Crippen MR) is 106 cm³/mol. The highest BCUT2D eigenvalue weighted by Gasteiger charge is 2.08. The molecule has 3 rings (SSSR count). The van der Waals surface area contributed by atoms with Gasteiger partial charge in [0.15, 0.2) is 0 Å². The standard InChI is InChI=1S/C18H15IN2O2S/c19-14-7-4-8-15(9-14)20-17(22)12-24-11-16-10-23-18(21-16)13-5-2-1-3-6-13/h1-10H,11-12H2,(H,20,22). The lowest BCUT2D eigenvalue weighted by molar-refractivity contribution is -0.113. The molecule has 122 valence electrons. The molecule has 0 aliphatic carbocycles. The number of oxazole rings is 1. The van der Waals surface area contributed by atoms with E-state index in [2.05, 4.69) is 32.9 Å². The lowest BCUT2D eigenvalue weighted by Crippen LogP contribution is -2.14. The van der Waals surface area contributed by atoms with E-state index in [0.29, 0.717) is 17.4 Å². The van der Waals surface area contributed by atoms with E-state index >= 15 is 0 Å². The molecule has 0 bridgehead atoms. The van der Waals surface area contributed by atoms with Crippen molar-refractivity contribution in [2.24, 2.45) is 0 Å². The fourth-order valence-corrected chi connectivity index (χ4v) is 3.34. The molecule has 0 unspecified atom stereocenters. The summed E-state index contributed by atoms with van der Waals surface area (Å²) in [7, 11) is 0. The normalized spacial score (nSPS) is 10.5. The molecule has 4 nitrogen and oxygen atoms in total. The molecule has 1 amide bonds. The Bertz CT molecular complexity index is 821. The van der Waals surface area contributed by atoms with Gasteiger partial charge in [0.2, 0.25) is 11.8 Å². The summed E-state index contributed by atoms with van der Waals surface area (Å²) in [4.78, 5) is 16.4. The van der Waals surface area contributed by atoms with E-state index in [4.69, 9.17) is 4.42 Å². The number of rotatable bonds is 6. The molecule has 0 aliphatic heterocycles. The average molecular weight is 450 g/mol. The molecule has 0 saturated heterocycles. The molecule has 6 heteroatoms. The number of halogens is 1. The third-order valence-corrected chi connectivity index (χ3v) is 4.80. The van der Waals surface area contributed by atoms with Crippen molar-refractivity contribution >= 4 is 45.9 Å². The fraction of sp³-hybridized carbons (Fsp3) is 0.111. The maximum absolute atomic E-state index is 12.0. The average Bonchev–Trinajstić information content (AvgIpc) is 3.04. The molecule has 0 aliphatic rings. The van der Waals surface area contributed by atoms with Crippen molar-refractivity contribution in [1.29, 1.82) is 0 Å². The lowest BCUT2D eigenvalue weighted by atomic mass is 10.2. The molecule has 0 atom stereocenters. The van der Waals surface area contributed by atoms with E-state index in [1.54, 1.807) is 6.26 Å². The second-order valence-electron chi connectivity index (χ2n) is 5.06. The Morgan fingerprint density at radius 2 is 2.00 bits per heavy atom. The maximum atomic E-state index is 12.0. The number of hydrogen-bond donors (Lipinski definition) is 1. The van der Waals surface area contributed by atoms with Crippen LogP contribution in [0.25, 0.3) is 11.5 Å². The van der Waals surface area contributed by atoms with E-state index in [-0.39, 0.29) is 5.91 Å². The molecule has 1 N–H and O–H groups in total. The summed E-state index contributed by atoms with van der Waals surface area (Å²) in [6.45, 7) is 0. The first-order valence-corrected chi connectivity index (χ1v) is 9.57. The highest BCUT2D eigenvalue weighted by molar-refractivity contribution is 14.1. The van der Waals surface area contributed by atoms with Crippen LogP contribution in [0.5, 0.6) is 0 Å². The first kappa shape index (κ1) is 17.0. The Morgan fingerprint density at radius 1 is 1.17 bits per heavy atom. The molecule has 0 radical (unpaired) electrons. The van der Waals surface area contributed by atoms with Gasteiger partial charge in [-0.2, -0.15) is 0 Å². The SMILES string of the molecule is O=C(CSCc1coc(-c2ccccc2)n1)Nc1cccc(I)c1. The number of benzene rings is 2. The highest BCUT2D eigenvalue weighted by atomic mass is 127. The van der Waals surface area contributed by atoms with Crippen LogP contribution in [0.1, 0.15) is 5.69 Å². The maximum Gasteiger partial charge on any atom is 0.234 e. The van der Waals surface area contributed by atoms with Gasteiger partial charge in [-0.15, -0.1) is 11.8 Å². The van der Waals surface area contributed by atoms with E-state index in [1.807, 2.05) is 54.6 Å². The van der Waals surface area contributed by atoms with Crippen LogP contribution in [0.3, 0.4) is 0 Å². The Morgan fingerprint density at radius 3 is 2.79 bits per heavy atom. The molecule has 0 fully saturated rings. The van der Waals surface area contributed by atoms with Crippen LogP contribution in [-0.2, 0) is 10.5 Å². The molecule has 2 aromatic carbocycles. The van der Waals surface area contributed by atoms with Gasteiger partial charge in [0.1, 0.15) is 6.26 Å². The largest absolute Gasteiger partial charge is 0.444 e. The minimum atomic E-state index is -0.0197. The molecule has 1 heterocycles. The zero-order chi connectivity index (χ0) is 16.8. The van der Waals surface area contributed by atoms with Gasteiger partial charge in [0.25, 0.3) is 0 Å². The monoisotopic (exact) mass is 450 g/mol. The van der Waals surface area contributed by atoms with Gasteiger partial charge in [0, 0.05) is 20.6 Å². The highest BCUT2D eigenvalue weighted by Crippen LogP contribution is 2.20. The summed E-state index contributed by atoms with van der Waals surface area (Å²) >= 11 is 3.73. The molecule has 3 aromatic rings. The fourth-order valence-electron chi connectivity index (χ4n) is 2.10. The summed E-state index contributed by atoms with van der Waals surface area (Å²) < 4.78 is 6.58. The third-order valence-electron chi connectivity index (χ3n) is 3.16. The number of thioether (sulfide) groups is 1. The molecule has 0 spiro atoms. The number of amides is 1. The van der Waals surface area contributed by atoms with Gasteiger partial charge in [-0.3, -0.25) is 4.79 Å². The van der Waals surface area contributed by atoms with E-state index in [0.717, 1.165) is 20.5 Å². The summed E-state index contributed by atoms with van der Waals surface area (Å²) in [5.41, 5.74) is 2.60. The molecule has 0 saturated carbocycles. The Labute approximate surface area is 158 Å². The zero-order valence-corrected chi connectivity index (χ0v) is 15.7. The first-order valence-electron chi connectivity index (χ1n) is 7.34. The second-order valence-corrected chi connectivity index (χ2v) is 7.29. The van der Waals surface area contributed by atoms with Crippen LogP contribution >= 0.6 is 34.4 Å². The Hall–Kier alpha value is -1.80. The quantitative estimate of drug-likeness (QED) is 0.548. The van der Waals surface area contributed by atoms with Crippen molar-refractivity contribution in [1.82, 2.24) is 4.98 Å². The predicted octanol–water partition coefficient (Wildman–Crippen LogP) is 4.82. The third kappa shape index (κ3) is 4.85. The van der Waals surface area contributed by atoms with Crippen LogP contribution in [0, 0.1) is 3.57 Å². The van der Waals surface area contributed by atoms with E-state index < -0.39 is 0 Å². The Kier molecular flexibility index (Phi) is 5.92. The minimum absolute atomic E-state index is 0.0197. The van der Waals surface area contributed by atoms with Crippen LogP contribution in [-0.4, -0.2) is 16.6 Å². The number of anilines is 1. The van der Waals surface area contributed by atoms with Crippen LogP contribution in [0.4, 0.5) is 5.69 Å². The minimum Gasteiger partial charge on any atom is -0.444 e. The summed E-state index contributed by atoms with van der Waals surface area (Å²) in [6.07, 6.45) is 1.65. The summed E-state index contributed by atoms with van der Waals surface area (Å²) in [6, 6.07) is 17.5. The molecule has 1 aromatic heterocycles. The number of carbonyl (C=O) groups excluding carboxylic acids is 1. The van der Waals surface area contributed by atoms with Crippen LogP contribution in [0.2, 0.25) is 0 Å². The smallest absolute Gasteiger partial charge is 0.234 e. The Balaban J connectivity index is 1.48. The van der Waals surface area contributed by atoms with Crippen molar-refractivity contribution in [3.8, 4) is 11.5 Å². The van der Waals surface area contributed by atoms with E-state index in [1.165, 1.54) is 11.8 Å². The number of hydrogen-bond acceptors (Lipinski definition) is 4. The van der Waals surface area contributed by atoms with Gasteiger partial charge in [0.05, 0.1) is 11.4 Å². The summed E-state index contributed by atoms with van der Waals surface area (Å²) in [5, 5.41) is 2.89. The molecule has 24 heavy (non-hydrogen) atoms. The van der Waals surface area contributed by atoms with Crippen molar-refractivity contribution in [3.63, 3.8) is 0 Å². The van der Waals surface area contributed by atoms with E-state index in [9.17, 15) is 4.79 Å². The number of carbonyl (C=O) groups is 1. The zero-order valence-electron chi connectivity index (χ0n) is 12.7. The number of nitrogens with one attached hydrogen (secondary N) is 1. The summed E-state index contributed by atoms with van der Waals surface area (Å²) in [5.74, 6) is 1.60. The first-order chi connectivity index (χ1) is 11.7.